The standard InChI is InChI=1S/C17H17FN2O3S/c1-12-3-7-14(18)11-16(12)19-17(21)10-6-13-4-8-15(9-5-13)20-24(2,22)23/h3-11,20H,1-2H3,(H,19,21)/b10-6+. The summed E-state index contributed by atoms with van der Waals surface area (Å²) in [5.41, 5.74) is 2.33. The fourth-order valence-corrected chi connectivity index (χ4v) is 2.52. The number of benzene rings is 2. The van der Waals surface area contributed by atoms with Crippen molar-refractivity contribution in [1.82, 2.24) is 0 Å². The molecule has 5 nitrogen and oxygen atoms in total. The third-order valence-corrected chi connectivity index (χ3v) is 3.71. The van der Waals surface area contributed by atoms with Gasteiger partial charge in [0.1, 0.15) is 5.82 Å². The SMILES string of the molecule is Cc1ccc(F)cc1NC(=O)/C=C/c1ccc(NS(C)(=O)=O)cc1. The largest absolute Gasteiger partial charge is 0.322 e. The Hall–Kier alpha value is -2.67. The maximum Gasteiger partial charge on any atom is 0.248 e. The van der Waals surface area contributed by atoms with Crippen molar-refractivity contribution in [2.45, 2.75) is 6.92 Å². The van der Waals surface area contributed by atoms with Gasteiger partial charge in [-0.3, -0.25) is 9.52 Å². The zero-order valence-corrected chi connectivity index (χ0v) is 14.0. The van der Waals surface area contributed by atoms with Crippen molar-refractivity contribution < 1.29 is 17.6 Å². The molecule has 2 N–H and O–H groups in total. The van der Waals surface area contributed by atoms with Gasteiger partial charge in [0.05, 0.1) is 6.26 Å². The van der Waals surface area contributed by atoms with Crippen LogP contribution in [0.1, 0.15) is 11.1 Å². The first-order chi connectivity index (χ1) is 11.2. The van der Waals surface area contributed by atoms with Crippen LogP contribution in [-0.2, 0) is 14.8 Å². The fourth-order valence-electron chi connectivity index (χ4n) is 1.95. The van der Waals surface area contributed by atoms with Gasteiger partial charge in [0.2, 0.25) is 15.9 Å². The lowest BCUT2D eigenvalue weighted by Crippen LogP contribution is -2.09. The number of halogens is 1. The van der Waals surface area contributed by atoms with E-state index in [4.69, 9.17) is 0 Å². The average molecular weight is 348 g/mol. The van der Waals surface area contributed by atoms with Gasteiger partial charge in [-0.2, -0.15) is 0 Å². The van der Waals surface area contributed by atoms with Gasteiger partial charge in [-0.1, -0.05) is 18.2 Å². The summed E-state index contributed by atoms with van der Waals surface area (Å²) in [4.78, 5) is 11.9. The molecule has 2 aromatic carbocycles. The summed E-state index contributed by atoms with van der Waals surface area (Å²) in [6.45, 7) is 1.77. The van der Waals surface area contributed by atoms with Crippen LogP contribution in [-0.4, -0.2) is 20.6 Å². The van der Waals surface area contributed by atoms with E-state index in [1.54, 1.807) is 43.3 Å². The summed E-state index contributed by atoms with van der Waals surface area (Å²) >= 11 is 0. The van der Waals surface area contributed by atoms with Crippen LogP contribution in [0.3, 0.4) is 0 Å². The number of amides is 1. The van der Waals surface area contributed by atoms with Crippen molar-refractivity contribution in [3.8, 4) is 0 Å². The van der Waals surface area contributed by atoms with E-state index in [9.17, 15) is 17.6 Å². The lowest BCUT2D eigenvalue weighted by molar-refractivity contribution is -0.111. The zero-order chi connectivity index (χ0) is 17.7. The number of rotatable bonds is 5. The van der Waals surface area contributed by atoms with Gasteiger partial charge in [-0.25, -0.2) is 12.8 Å². The van der Waals surface area contributed by atoms with Crippen LogP contribution >= 0.6 is 0 Å². The summed E-state index contributed by atoms with van der Waals surface area (Å²) in [6.07, 6.45) is 3.97. The molecule has 0 bridgehead atoms. The molecule has 0 fully saturated rings. The quantitative estimate of drug-likeness (QED) is 0.815. The van der Waals surface area contributed by atoms with Gasteiger partial charge in [0, 0.05) is 17.5 Å². The Morgan fingerprint density at radius 2 is 1.79 bits per heavy atom. The minimum Gasteiger partial charge on any atom is -0.322 e. The summed E-state index contributed by atoms with van der Waals surface area (Å²) in [7, 11) is -3.32. The molecule has 2 rings (SSSR count). The summed E-state index contributed by atoms with van der Waals surface area (Å²) < 4.78 is 37.8. The molecule has 7 heteroatoms. The molecule has 2 aromatic rings. The molecule has 0 saturated heterocycles. The lowest BCUT2D eigenvalue weighted by atomic mass is 10.2. The summed E-state index contributed by atoms with van der Waals surface area (Å²) in [6, 6.07) is 10.7. The number of aryl methyl sites for hydroxylation is 1. The molecule has 0 aliphatic carbocycles. The number of sulfonamides is 1. The molecule has 0 unspecified atom stereocenters. The van der Waals surface area contributed by atoms with Crippen LogP contribution < -0.4 is 10.0 Å². The molecule has 0 aliphatic rings. The highest BCUT2D eigenvalue weighted by Gasteiger charge is 2.04. The number of nitrogens with one attached hydrogen (secondary N) is 2. The van der Waals surface area contributed by atoms with E-state index >= 15 is 0 Å². The molecule has 0 radical (unpaired) electrons. The van der Waals surface area contributed by atoms with Crippen molar-refractivity contribution in [2.24, 2.45) is 0 Å². The second-order valence-electron chi connectivity index (χ2n) is 5.28. The van der Waals surface area contributed by atoms with Gasteiger partial charge >= 0.3 is 0 Å². The molecule has 0 heterocycles. The van der Waals surface area contributed by atoms with E-state index in [-0.39, 0.29) is 5.91 Å². The van der Waals surface area contributed by atoms with Crippen LogP contribution in [0.15, 0.2) is 48.5 Å². The van der Waals surface area contributed by atoms with E-state index in [0.29, 0.717) is 11.4 Å². The first kappa shape index (κ1) is 17.7. The predicted octanol–water partition coefficient (Wildman–Crippen LogP) is 3.16. The maximum atomic E-state index is 13.2. The summed E-state index contributed by atoms with van der Waals surface area (Å²) in [5.74, 6) is -0.809. The van der Waals surface area contributed by atoms with E-state index < -0.39 is 15.8 Å². The Labute approximate surface area is 140 Å². The van der Waals surface area contributed by atoms with Gasteiger partial charge in [-0.15, -0.1) is 0 Å². The van der Waals surface area contributed by atoms with Crippen molar-refractivity contribution >= 4 is 33.4 Å². The molecule has 126 valence electrons. The second-order valence-corrected chi connectivity index (χ2v) is 7.03. The molecule has 24 heavy (non-hydrogen) atoms. The zero-order valence-electron chi connectivity index (χ0n) is 13.2. The van der Waals surface area contributed by atoms with E-state index in [0.717, 1.165) is 17.4 Å². The Bertz CT molecular complexity index is 875. The van der Waals surface area contributed by atoms with Crippen LogP contribution in [0.5, 0.6) is 0 Å². The van der Waals surface area contributed by atoms with Crippen molar-refractivity contribution in [1.29, 1.82) is 0 Å². The smallest absolute Gasteiger partial charge is 0.248 e. The van der Waals surface area contributed by atoms with Gasteiger partial charge in [-0.05, 0) is 48.4 Å². The highest BCUT2D eigenvalue weighted by atomic mass is 32.2. The Kier molecular flexibility index (Phi) is 5.35. The number of carbonyl (C=O) groups is 1. The third kappa shape index (κ3) is 5.51. The molecule has 0 atom stereocenters. The van der Waals surface area contributed by atoms with E-state index in [1.807, 2.05) is 0 Å². The third-order valence-electron chi connectivity index (χ3n) is 3.10. The number of carbonyl (C=O) groups excluding carboxylic acids is 1. The average Bonchev–Trinajstić information content (AvgIpc) is 2.49. The Balaban J connectivity index is 2.02. The van der Waals surface area contributed by atoms with Crippen molar-refractivity contribution in [2.75, 3.05) is 16.3 Å². The maximum absolute atomic E-state index is 13.2. The van der Waals surface area contributed by atoms with Crippen molar-refractivity contribution in [3.63, 3.8) is 0 Å². The minimum absolute atomic E-state index is 0.387. The topological polar surface area (TPSA) is 75.3 Å². The molecule has 0 spiro atoms. The first-order valence-electron chi connectivity index (χ1n) is 7.06. The highest BCUT2D eigenvalue weighted by molar-refractivity contribution is 7.92. The summed E-state index contributed by atoms with van der Waals surface area (Å²) in [5, 5.41) is 2.61. The van der Waals surface area contributed by atoms with Gasteiger partial charge in [0.25, 0.3) is 0 Å². The van der Waals surface area contributed by atoms with E-state index in [2.05, 4.69) is 10.0 Å². The Morgan fingerprint density at radius 3 is 2.42 bits per heavy atom. The molecule has 1 amide bonds. The van der Waals surface area contributed by atoms with Crippen LogP contribution in [0, 0.1) is 12.7 Å². The molecular formula is C17H17FN2O3S. The lowest BCUT2D eigenvalue weighted by Gasteiger charge is -2.06. The van der Waals surface area contributed by atoms with Crippen LogP contribution in [0.2, 0.25) is 0 Å². The first-order valence-corrected chi connectivity index (χ1v) is 8.95. The normalized spacial score (nSPS) is 11.5. The number of hydrogen-bond donors (Lipinski definition) is 2. The second kappa shape index (κ2) is 7.27. The number of anilines is 2. The molecular weight excluding hydrogens is 331 g/mol. The highest BCUT2D eigenvalue weighted by Crippen LogP contribution is 2.16. The minimum atomic E-state index is -3.32. The molecule has 0 aliphatic heterocycles. The Morgan fingerprint density at radius 1 is 1.12 bits per heavy atom. The molecule has 0 aromatic heterocycles. The number of hydrogen-bond acceptors (Lipinski definition) is 3. The van der Waals surface area contributed by atoms with Crippen molar-refractivity contribution in [3.05, 3.63) is 65.5 Å². The fraction of sp³-hybridized carbons (Fsp3) is 0.118. The van der Waals surface area contributed by atoms with Crippen LogP contribution in [0.4, 0.5) is 15.8 Å². The predicted molar refractivity (Wildman–Crippen MR) is 93.7 cm³/mol. The van der Waals surface area contributed by atoms with Gasteiger partial charge in [0.15, 0.2) is 0 Å². The molecule has 0 saturated carbocycles. The van der Waals surface area contributed by atoms with E-state index in [1.165, 1.54) is 18.2 Å². The monoisotopic (exact) mass is 348 g/mol. The van der Waals surface area contributed by atoms with Crippen LogP contribution in [0.25, 0.3) is 6.08 Å². The van der Waals surface area contributed by atoms with Gasteiger partial charge < -0.3 is 5.32 Å².